The maximum absolute atomic E-state index is 11.7. The molecule has 0 aromatic heterocycles. The van der Waals surface area contributed by atoms with Crippen LogP contribution in [0, 0.1) is 11.1 Å². The zero-order valence-corrected chi connectivity index (χ0v) is 10.5. The lowest BCUT2D eigenvalue weighted by molar-refractivity contribution is -0.991. The van der Waals surface area contributed by atoms with Crippen LogP contribution in [0.2, 0.25) is 0 Å². The smallest absolute Gasteiger partial charge is 0.241 e. The molecular weight excluding hydrogens is 234 g/mol. The Hall–Kier alpha value is -1.47. The van der Waals surface area contributed by atoms with E-state index < -0.39 is 11.3 Å². The Morgan fingerprint density at radius 3 is 2.44 bits per heavy atom. The molecule has 1 rings (SSSR count). The minimum Gasteiger partial charge on any atom is -0.595 e. The average molecular weight is 253 g/mol. The Bertz CT molecular complexity index is 390. The van der Waals surface area contributed by atoms with Crippen LogP contribution in [0.25, 0.3) is 0 Å². The zero-order chi connectivity index (χ0) is 13.7. The van der Waals surface area contributed by atoms with Gasteiger partial charge in [-0.1, -0.05) is 13.8 Å². The van der Waals surface area contributed by atoms with Crippen molar-refractivity contribution in [1.29, 1.82) is 0 Å². The molecule has 2 atom stereocenters. The summed E-state index contributed by atoms with van der Waals surface area (Å²) >= 11 is 0. The zero-order valence-electron chi connectivity index (χ0n) is 10.5. The van der Waals surface area contributed by atoms with Gasteiger partial charge in [-0.2, -0.15) is 5.23 Å². The fraction of sp³-hybridized carbons (Fsp3) is 0.417. The van der Waals surface area contributed by atoms with Gasteiger partial charge in [0, 0.05) is 17.8 Å². The van der Waals surface area contributed by atoms with Crippen LogP contribution in [-0.4, -0.2) is 17.2 Å². The molecule has 1 amide bonds. The molecule has 6 nitrogen and oxygen atoms in total. The summed E-state index contributed by atoms with van der Waals surface area (Å²) in [6.45, 7) is 3.99. The molecule has 0 aliphatic carbocycles. The molecule has 0 bridgehead atoms. The number of quaternary nitrogens is 1. The van der Waals surface area contributed by atoms with E-state index in [9.17, 15) is 10.0 Å². The second-order valence-electron chi connectivity index (χ2n) is 4.61. The highest BCUT2D eigenvalue weighted by Crippen LogP contribution is 2.11. The van der Waals surface area contributed by atoms with E-state index in [0.29, 0.717) is 18.0 Å². The van der Waals surface area contributed by atoms with Gasteiger partial charge >= 0.3 is 0 Å². The Morgan fingerprint density at radius 1 is 1.44 bits per heavy atom. The van der Waals surface area contributed by atoms with E-state index in [2.05, 4.69) is 5.32 Å². The highest BCUT2D eigenvalue weighted by atomic mass is 16.8. The summed E-state index contributed by atoms with van der Waals surface area (Å²) in [6.07, 6.45) is 0.610. The minimum absolute atomic E-state index is 0.180. The van der Waals surface area contributed by atoms with Gasteiger partial charge in [-0.25, -0.2) is 5.21 Å². The van der Waals surface area contributed by atoms with Crippen molar-refractivity contribution in [1.82, 2.24) is 0 Å². The van der Waals surface area contributed by atoms with Crippen LogP contribution in [0.5, 0.6) is 0 Å². The van der Waals surface area contributed by atoms with Gasteiger partial charge in [0.1, 0.15) is 0 Å². The van der Waals surface area contributed by atoms with Crippen LogP contribution < -0.4 is 16.3 Å². The topological polar surface area (TPSA) is 103 Å². The van der Waals surface area contributed by atoms with E-state index in [4.69, 9.17) is 10.9 Å². The molecule has 0 radical (unpaired) electrons. The Balaban J connectivity index is 2.59. The SMILES string of the molecule is CC(C)C[C@@H](N)C(=O)Nc1ccc([NH+]([O-])O)cc1. The molecule has 0 aliphatic rings. The van der Waals surface area contributed by atoms with Crippen molar-refractivity contribution in [2.24, 2.45) is 11.7 Å². The lowest BCUT2D eigenvalue weighted by atomic mass is 10.0. The maximum atomic E-state index is 11.7. The number of benzene rings is 1. The van der Waals surface area contributed by atoms with Crippen molar-refractivity contribution in [3.8, 4) is 0 Å². The molecule has 1 aromatic rings. The van der Waals surface area contributed by atoms with Gasteiger partial charge in [0.15, 0.2) is 5.69 Å². The molecule has 1 unspecified atom stereocenters. The van der Waals surface area contributed by atoms with Crippen molar-refractivity contribution >= 4 is 17.3 Å². The number of nitrogens with two attached hydrogens (primary N) is 1. The number of rotatable bonds is 5. The Morgan fingerprint density at radius 2 is 2.00 bits per heavy atom. The second kappa shape index (κ2) is 6.46. The Kier molecular flexibility index (Phi) is 5.24. The highest BCUT2D eigenvalue weighted by molar-refractivity contribution is 5.94. The van der Waals surface area contributed by atoms with Gasteiger partial charge in [0.25, 0.3) is 0 Å². The molecule has 100 valence electrons. The van der Waals surface area contributed by atoms with Crippen molar-refractivity contribution in [3.63, 3.8) is 0 Å². The first kappa shape index (κ1) is 14.6. The minimum atomic E-state index is -0.996. The predicted molar refractivity (Wildman–Crippen MR) is 68.3 cm³/mol. The van der Waals surface area contributed by atoms with E-state index in [1.54, 1.807) is 12.1 Å². The predicted octanol–water partition coefficient (Wildman–Crippen LogP) is 0.402. The third-order valence-electron chi connectivity index (χ3n) is 2.46. The Labute approximate surface area is 106 Å². The van der Waals surface area contributed by atoms with E-state index in [0.717, 1.165) is 0 Å². The van der Waals surface area contributed by atoms with Gasteiger partial charge in [0.2, 0.25) is 5.91 Å². The van der Waals surface area contributed by atoms with Crippen LogP contribution >= 0.6 is 0 Å². The third kappa shape index (κ3) is 4.42. The summed E-state index contributed by atoms with van der Waals surface area (Å²) in [4.78, 5) is 11.7. The van der Waals surface area contributed by atoms with Crippen LogP contribution in [0.1, 0.15) is 20.3 Å². The molecule has 5 N–H and O–H groups in total. The molecule has 0 aliphatic heterocycles. The second-order valence-corrected chi connectivity index (χ2v) is 4.61. The van der Waals surface area contributed by atoms with E-state index in [1.165, 1.54) is 12.1 Å². The number of anilines is 1. The lowest BCUT2D eigenvalue weighted by Crippen LogP contribution is -2.99. The molecule has 1 aromatic carbocycles. The molecule has 0 spiro atoms. The molecule has 0 saturated carbocycles. The van der Waals surface area contributed by atoms with Crippen molar-refractivity contribution in [2.45, 2.75) is 26.3 Å². The number of hydrogen-bond donors (Lipinski definition) is 4. The van der Waals surface area contributed by atoms with Crippen LogP contribution in [0.4, 0.5) is 11.4 Å². The lowest BCUT2D eigenvalue weighted by Gasteiger charge is -2.15. The summed E-state index contributed by atoms with van der Waals surface area (Å²) in [7, 11) is 0. The fourth-order valence-corrected chi connectivity index (χ4v) is 1.55. The quantitative estimate of drug-likeness (QED) is 0.570. The largest absolute Gasteiger partial charge is 0.595 e. The highest BCUT2D eigenvalue weighted by Gasteiger charge is 2.15. The average Bonchev–Trinajstić information content (AvgIpc) is 2.28. The first-order valence-electron chi connectivity index (χ1n) is 5.80. The van der Waals surface area contributed by atoms with Crippen LogP contribution in [0.15, 0.2) is 24.3 Å². The van der Waals surface area contributed by atoms with Gasteiger partial charge < -0.3 is 16.3 Å². The molecular formula is C12H19N3O3. The van der Waals surface area contributed by atoms with Crippen LogP contribution in [0.3, 0.4) is 0 Å². The molecule has 0 saturated heterocycles. The standard InChI is InChI=1S/C12H19N3O3/c1-8(2)7-11(13)12(16)14-9-3-5-10(6-4-9)15(17)18/h3-6,8,11,15,17H,7,13H2,1-2H3,(H,14,16)/t11-/m1/s1. The number of nitrogens with one attached hydrogen (secondary N) is 2. The van der Waals surface area contributed by atoms with Crippen LogP contribution in [-0.2, 0) is 4.79 Å². The van der Waals surface area contributed by atoms with E-state index >= 15 is 0 Å². The van der Waals surface area contributed by atoms with Gasteiger partial charge in [-0.05, 0) is 24.5 Å². The van der Waals surface area contributed by atoms with Gasteiger partial charge in [-0.3, -0.25) is 4.79 Å². The number of hydrogen-bond acceptors (Lipinski definition) is 4. The van der Waals surface area contributed by atoms with E-state index in [-0.39, 0.29) is 11.6 Å². The third-order valence-corrected chi connectivity index (χ3v) is 2.46. The molecule has 0 fully saturated rings. The number of carbonyl (C=O) groups is 1. The maximum Gasteiger partial charge on any atom is 0.241 e. The van der Waals surface area contributed by atoms with Crippen molar-refractivity contribution in [2.75, 3.05) is 5.32 Å². The fourth-order valence-electron chi connectivity index (χ4n) is 1.55. The normalized spacial score (nSPS) is 14.3. The monoisotopic (exact) mass is 253 g/mol. The first-order valence-corrected chi connectivity index (χ1v) is 5.80. The van der Waals surface area contributed by atoms with Crippen molar-refractivity contribution < 1.29 is 15.2 Å². The summed E-state index contributed by atoms with van der Waals surface area (Å²) < 4.78 is 0. The summed E-state index contributed by atoms with van der Waals surface area (Å²) in [6, 6.07) is 5.41. The number of amides is 1. The summed E-state index contributed by atoms with van der Waals surface area (Å²) in [5.41, 5.74) is 6.46. The van der Waals surface area contributed by atoms with Gasteiger partial charge in [0.05, 0.1) is 6.04 Å². The summed E-state index contributed by atoms with van der Waals surface area (Å²) in [5, 5.41) is 21.1. The first-order chi connectivity index (χ1) is 8.40. The van der Waals surface area contributed by atoms with Gasteiger partial charge in [-0.15, -0.1) is 0 Å². The molecule has 6 heteroatoms. The summed E-state index contributed by atoms with van der Waals surface area (Å²) in [5.74, 6) is 0.0897. The van der Waals surface area contributed by atoms with E-state index in [1.807, 2.05) is 13.8 Å². The molecule has 0 heterocycles. The number of carbonyl (C=O) groups excluding carboxylic acids is 1. The molecule has 18 heavy (non-hydrogen) atoms. The van der Waals surface area contributed by atoms with Crippen molar-refractivity contribution in [3.05, 3.63) is 29.5 Å².